The largest absolute Gasteiger partial charge is 0.375 e. The van der Waals surface area contributed by atoms with Crippen molar-refractivity contribution in [3.05, 3.63) is 35.4 Å². The second kappa shape index (κ2) is 7.95. The van der Waals surface area contributed by atoms with Crippen LogP contribution >= 0.6 is 0 Å². The lowest BCUT2D eigenvalue weighted by Gasteiger charge is -2.20. The number of amides is 1. The number of methoxy groups -OCH3 is 1. The van der Waals surface area contributed by atoms with Crippen LogP contribution in [0.5, 0.6) is 0 Å². The van der Waals surface area contributed by atoms with E-state index < -0.39 is 0 Å². The van der Waals surface area contributed by atoms with E-state index in [4.69, 9.17) is 4.74 Å². The van der Waals surface area contributed by atoms with Crippen molar-refractivity contribution in [2.24, 2.45) is 5.92 Å². The Bertz CT molecular complexity index is 399. The normalized spacial score (nSPS) is 12.5. The molecule has 0 saturated carbocycles. The molecular formula is C16H25NO2. The molecule has 0 fully saturated rings. The van der Waals surface area contributed by atoms with Gasteiger partial charge in [-0.15, -0.1) is 0 Å². The molecular weight excluding hydrogens is 238 g/mol. The van der Waals surface area contributed by atoms with Gasteiger partial charge in [0.25, 0.3) is 0 Å². The fraction of sp³-hybridized carbons (Fsp3) is 0.562. The highest BCUT2D eigenvalue weighted by Crippen LogP contribution is 2.20. The van der Waals surface area contributed by atoms with Crippen LogP contribution in [-0.2, 0) is 9.53 Å². The molecule has 0 aliphatic carbocycles. The van der Waals surface area contributed by atoms with Crippen molar-refractivity contribution in [2.75, 3.05) is 13.7 Å². The maximum Gasteiger partial charge on any atom is 0.223 e. The Morgan fingerprint density at radius 3 is 2.42 bits per heavy atom. The van der Waals surface area contributed by atoms with Gasteiger partial charge in [-0.1, -0.05) is 38.1 Å². The summed E-state index contributed by atoms with van der Waals surface area (Å²) in [5.41, 5.74) is 2.32. The Labute approximate surface area is 116 Å². The monoisotopic (exact) mass is 263 g/mol. The summed E-state index contributed by atoms with van der Waals surface area (Å²) in [4.78, 5) is 12.0. The van der Waals surface area contributed by atoms with Crippen LogP contribution in [-0.4, -0.2) is 19.6 Å². The quantitative estimate of drug-likeness (QED) is 0.820. The predicted octanol–water partition coefficient (Wildman–Crippen LogP) is 3.23. The maximum absolute atomic E-state index is 12.0. The molecule has 0 radical (unpaired) electrons. The van der Waals surface area contributed by atoms with E-state index in [0.29, 0.717) is 6.54 Å². The Morgan fingerprint density at radius 2 is 1.89 bits per heavy atom. The Balaban J connectivity index is 2.64. The number of ether oxygens (including phenoxy) is 1. The van der Waals surface area contributed by atoms with Gasteiger partial charge in [0.2, 0.25) is 5.91 Å². The van der Waals surface area contributed by atoms with Crippen LogP contribution in [0, 0.1) is 12.8 Å². The van der Waals surface area contributed by atoms with Gasteiger partial charge < -0.3 is 10.1 Å². The van der Waals surface area contributed by atoms with Crippen LogP contribution in [0.1, 0.15) is 43.9 Å². The van der Waals surface area contributed by atoms with Crippen molar-refractivity contribution in [3.63, 3.8) is 0 Å². The molecule has 1 amide bonds. The van der Waals surface area contributed by atoms with E-state index in [1.165, 1.54) is 5.56 Å². The van der Waals surface area contributed by atoms with Gasteiger partial charge >= 0.3 is 0 Å². The molecule has 1 aromatic carbocycles. The van der Waals surface area contributed by atoms with Crippen LogP contribution in [0.15, 0.2) is 24.3 Å². The molecule has 0 saturated heterocycles. The van der Waals surface area contributed by atoms with Gasteiger partial charge in [-0.05, 0) is 30.9 Å². The fourth-order valence-corrected chi connectivity index (χ4v) is 2.27. The number of carbonyl (C=O) groups excluding carboxylic acids is 1. The van der Waals surface area contributed by atoms with E-state index in [1.54, 1.807) is 7.11 Å². The second-order valence-electron chi connectivity index (χ2n) is 4.84. The first-order valence-electron chi connectivity index (χ1n) is 7.00. The van der Waals surface area contributed by atoms with Crippen molar-refractivity contribution in [3.8, 4) is 0 Å². The zero-order chi connectivity index (χ0) is 14.3. The third kappa shape index (κ3) is 4.35. The Hall–Kier alpha value is -1.35. The van der Waals surface area contributed by atoms with Crippen LogP contribution in [0.4, 0.5) is 0 Å². The third-order valence-corrected chi connectivity index (χ3v) is 3.64. The summed E-state index contributed by atoms with van der Waals surface area (Å²) in [6, 6.07) is 8.11. The highest BCUT2D eigenvalue weighted by Gasteiger charge is 2.17. The maximum atomic E-state index is 12.0. The van der Waals surface area contributed by atoms with Gasteiger partial charge in [-0.2, -0.15) is 0 Å². The lowest BCUT2D eigenvalue weighted by Crippen LogP contribution is -2.34. The molecule has 0 spiro atoms. The molecule has 0 bridgehead atoms. The first-order chi connectivity index (χ1) is 9.13. The highest BCUT2D eigenvalue weighted by molar-refractivity contribution is 5.78. The Morgan fingerprint density at radius 1 is 1.26 bits per heavy atom. The number of hydrogen-bond donors (Lipinski definition) is 1. The number of carbonyl (C=O) groups is 1. The average molecular weight is 263 g/mol. The van der Waals surface area contributed by atoms with Gasteiger partial charge in [-0.25, -0.2) is 0 Å². The molecule has 106 valence electrons. The third-order valence-electron chi connectivity index (χ3n) is 3.64. The highest BCUT2D eigenvalue weighted by atomic mass is 16.5. The van der Waals surface area contributed by atoms with Crippen LogP contribution in [0.2, 0.25) is 0 Å². The molecule has 1 atom stereocenters. The van der Waals surface area contributed by atoms with Gasteiger partial charge in [0, 0.05) is 19.6 Å². The molecule has 3 heteroatoms. The smallest absolute Gasteiger partial charge is 0.223 e. The molecule has 0 heterocycles. The zero-order valence-corrected chi connectivity index (χ0v) is 12.4. The summed E-state index contributed by atoms with van der Waals surface area (Å²) in [5.74, 6) is 0.231. The molecule has 1 N–H and O–H groups in total. The minimum Gasteiger partial charge on any atom is -0.375 e. The van der Waals surface area contributed by atoms with E-state index in [1.807, 2.05) is 32.0 Å². The number of aryl methyl sites for hydroxylation is 1. The van der Waals surface area contributed by atoms with E-state index in [-0.39, 0.29) is 17.9 Å². The molecule has 1 rings (SSSR count). The molecule has 0 aliphatic rings. The topological polar surface area (TPSA) is 38.3 Å². The van der Waals surface area contributed by atoms with E-state index in [2.05, 4.69) is 18.3 Å². The molecule has 3 nitrogen and oxygen atoms in total. The van der Waals surface area contributed by atoms with Crippen LogP contribution < -0.4 is 5.32 Å². The lowest BCUT2D eigenvalue weighted by molar-refractivity contribution is -0.125. The van der Waals surface area contributed by atoms with Crippen molar-refractivity contribution in [1.82, 2.24) is 5.32 Å². The molecule has 19 heavy (non-hydrogen) atoms. The van der Waals surface area contributed by atoms with Gasteiger partial charge in [0.15, 0.2) is 0 Å². The van der Waals surface area contributed by atoms with Crippen molar-refractivity contribution < 1.29 is 9.53 Å². The van der Waals surface area contributed by atoms with Gasteiger partial charge in [0.1, 0.15) is 0 Å². The molecule has 1 unspecified atom stereocenters. The summed E-state index contributed by atoms with van der Waals surface area (Å²) in [7, 11) is 1.68. The Kier molecular flexibility index (Phi) is 6.57. The van der Waals surface area contributed by atoms with E-state index in [9.17, 15) is 4.79 Å². The van der Waals surface area contributed by atoms with Crippen LogP contribution in [0.3, 0.4) is 0 Å². The standard InChI is InChI=1S/C16H25NO2/c1-5-13(6-2)16(18)17-11-15(19-4)14-10-8-7-9-12(14)3/h7-10,13,15H,5-6,11H2,1-4H3,(H,17,18). The first-order valence-corrected chi connectivity index (χ1v) is 7.00. The van der Waals surface area contributed by atoms with E-state index in [0.717, 1.165) is 18.4 Å². The molecule has 0 aromatic heterocycles. The van der Waals surface area contributed by atoms with Crippen molar-refractivity contribution in [2.45, 2.75) is 39.7 Å². The van der Waals surface area contributed by atoms with Crippen molar-refractivity contribution in [1.29, 1.82) is 0 Å². The zero-order valence-electron chi connectivity index (χ0n) is 12.4. The summed E-state index contributed by atoms with van der Waals surface area (Å²) in [6.07, 6.45) is 1.67. The predicted molar refractivity (Wildman–Crippen MR) is 78.0 cm³/mol. The van der Waals surface area contributed by atoms with Gasteiger partial charge in [0.05, 0.1) is 6.10 Å². The summed E-state index contributed by atoms with van der Waals surface area (Å²) in [6.45, 7) is 6.67. The molecule has 1 aromatic rings. The second-order valence-corrected chi connectivity index (χ2v) is 4.84. The SMILES string of the molecule is CCC(CC)C(=O)NCC(OC)c1ccccc1C. The van der Waals surface area contributed by atoms with Crippen LogP contribution in [0.25, 0.3) is 0 Å². The minimum absolute atomic E-state index is 0.0838. The first kappa shape index (κ1) is 15.7. The van der Waals surface area contributed by atoms with E-state index >= 15 is 0 Å². The number of benzene rings is 1. The average Bonchev–Trinajstić information content (AvgIpc) is 2.42. The minimum atomic E-state index is -0.0838. The number of hydrogen-bond acceptors (Lipinski definition) is 2. The summed E-state index contributed by atoms with van der Waals surface area (Å²) < 4.78 is 5.50. The summed E-state index contributed by atoms with van der Waals surface area (Å²) in [5, 5.41) is 3.00. The fourth-order valence-electron chi connectivity index (χ4n) is 2.27. The lowest BCUT2D eigenvalue weighted by atomic mass is 10.0. The van der Waals surface area contributed by atoms with Crippen molar-refractivity contribution >= 4 is 5.91 Å². The number of nitrogens with one attached hydrogen (secondary N) is 1. The van der Waals surface area contributed by atoms with Gasteiger partial charge in [-0.3, -0.25) is 4.79 Å². The number of rotatable bonds is 7. The summed E-state index contributed by atoms with van der Waals surface area (Å²) >= 11 is 0. The molecule has 0 aliphatic heterocycles.